The summed E-state index contributed by atoms with van der Waals surface area (Å²) in [6, 6.07) is 14.1. The molecule has 3 amide bonds. The highest BCUT2D eigenvalue weighted by molar-refractivity contribution is 6.08. The summed E-state index contributed by atoms with van der Waals surface area (Å²) in [5.74, 6) is -0.759. The molecule has 0 fully saturated rings. The topological polar surface area (TPSA) is 147 Å². The van der Waals surface area contributed by atoms with Gasteiger partial charge in [-0.15, -0.1) is 0 Å². The van der Waals surface area contributed by atoms with E-state index < -0.39 is 35.5 Å². The fourth-order valence-corrected chi connectivity index (χ4v) is 6.02. The zero-order valence-electron chi connectivity index (χ0n) is 26.8. The molecule has 0 radical (unpaired) electrons. The Balaban J connectivity index is 1.25. The van der Waals surface area contributed by atoms with Gasteiger partial charge in [0.15, 0.2) is 23.2 Å². The fraction of sp³-hybridized carbons (Fsp3) is 0.235. The lowest BCUT2D eigenvalue weighted by molar-refractivity contribution is -0.142. The Morgan fingerprint density at radius 3 is 2.48 bits per heavy atom. The zero-order valence-corrected chi connectivity index (χ0v) is 26.8. The summed E-state index contributed by atoms with van der Waals surface area (Å²) in [6.45, 7) is -0.0166. The highest BCUT2D eigenvalue weighted by Gasteiger charge is 2.44. The van der Waals surface area contributed by atoms with Crippen LogP contribution in [0.3, 0.4) is 0 Å². The Hall–Kier alpha value is -6.19. The van der Waals surface area contributed by atoms with Gasteiger partial charge in [0.2, 0.25) is 6.79 Å². The van der Waals surface area contributed by atoms with Gasteiger partial charge in [-0.25, -0.2) is 4.68 Å². The highest BCUT2D eigenvalue weighted by Crippen LogP contribution is 2.40. The number of aliphatic hydroxyl groups excluding tert-OH is 1. The third-order valence-electron chi connectivity index (χ3n) is 8.54. The molecule has 0 bridgehead atoms. The summed E-state index contributed by atoms with van der Waals surface area (Å²) < 4.78 is 60.0. The number of fused-ring (bicyclic) bond motifs is 2. The van der Waals surface area contributed by atoms with Crippen molar-refractivity contribution in [1.82, 2.24) is 20.0 Å². The number of amides is 3. The number of nitrogens with zero attached hydrogens (tertiary/aromatic N) is 4. The lowest BCUT2D eigenvalue weighted by atomic mass is 9.96. The van der Waals surface area contributed by atoms with Gasteiger partial charge in [0.1, 0.15) is 17.2 Å². The third kappa shape index (κ3) is 5.47. The number of benzene rings is 3. The van der Waals surface area contributed by atoms with Crippen molar-refractivity contribution in [3.05, 3.63) is 94.5 Å². The van der Waals surface area contributed by atoms with Gasteiger partial charge in [-0.1, -0.05) is 0 Å². The van der Waals surface area contributed by atoms with E-state index in [-0.39, 0.29) is 59.6 Å². The van der Waals surface area contributed by atoms with Crippen LogP contribution in [0.15, 0.2) is 66.4 Å². The predicted octanol–water partition coefficient (Wildman–Crippen LogP) is 4.37. The summed E-state index contributed by atoms with van der Waals surface area (Å²) in [4.78, 5) is 42.3. The maximum absolute atomic E-state index is 14.4. The molecule has 13 nitrogen and oxygen atoms in total. The van der Waals surface area contributed by atoms with Crippen LogP contribution in [0.2, 0.25) is 0 Å². The average Bonchev–Trinajstić information content (AvgIpc) is 3.73. The first-order valence-electron chi connectivity index (χ1n) is 15.3. The number of carbonyl (C=O) groups is 3. The second-order valence-electron chi connectivity index (χ2n) is 11.8. The van der Waals surface area contributed by atoms with Crippen LogP contribution in [0, 0.1) is 0 Å². The van der Waals surface area contributed by atoms with Gasteiger partial charge in [0, 0.05) is 54.8 Å². The van der Waals surface area contributed by atoms with Gasteiger partial charge >= 0.3 is 6.18 Å². The Labute approximate surface area is 282 Å². The molecule has 16 heteroatoms. The number of halogens is 3. The fourth-order valence-electron chi connectivity index (χ4n) is 6.02. The normalized spacial score (nSPS) is 16.4. The number of methoxy groups -OCH3 is 1. The van der Waals surface area contributed by atoms with Crippen LogP contribution >= 0.6 is 0 Å². The molecule has 50 heavy (non-hydrogen) atoms. The summed E-state index contributed by atoms with van der Waals surface area (Å²) in [5.41, 5.74) is -0.494. The third-order valence-corrected chi connectivity index (χ3v) is 8.54. The van der Waals surface area contributed by atoms with Crippen LogP contribution in [0.4, 0.5) is 24.5 Å². The molecule has 0 saturated carbocycles. The molecule has 1 aromatic heterocycles. The molecule has 0 spiro atoms. The van der Waals surface area contributed by atoms with Crippen molar-refractivity contribution in [2.45, 2.75) is 18.6 Å². The van der Waals surface area contributed by atoms with Crippen molar-refractivity contribution in [2.24, 2.45) is 0 Å². The molecular weight excluding hydrogens is 661 g/mol. The second-order valence-corrected chi connectivity index (χ2v) is 11.8. The first kappa shape index (κ1) is 32.4. The van der Waals surface area contributed by atoms with Gasteiger partial charge in [-0.2, -0.15) is 18.3 Å². The number of nitrogens with one attached hydrogen (secondary N) is 2. The molecule has 0 unspecified atom stereocenters. The quantitative estimate of drug-likeness (QED) is 0.257. The number of hydrogen-bond acceptors (Lipinski definition) is 9. The number of anilines is 2. The number of aliphatic hydroxyl groups is 1. The minimum absolute atomic E-state index is 0.0170. The summed E-state index contributed by atoms with van der Waals surface area (Å²) >= 11 is 0. The van der Waals surface area contributed by atoms with Crippen LogP contribution in [-0.4, -0.2) is 78.1 Å². The summed E-state index contributed by atoms with van der Waals surface area (Å²) in [5, 5.41) is 20.6. The minimum Gasteiger partial charge on any atom is -0.507 e. The molecule has 4 heterocycles. The van der Waals surface area contributed by atoms with Crippen LogP contribution in [-0.2, 0) is 17.4 Å². The van der Waals surface area contributed by atoms with Crippen LogP contribution in [0.1, 0.15) is 37.7 Å². The molecule has 4 aromatic rings. The molecule has 7 rings (SSSR count). The molecule has 0 saturated heterocycles. The second kappa shape index (κ2) is 12.0. The van der Waals surface area contributed by atoms with Crippen LogP contribution in [0.25, 0.3) is 11.4 Å². The largest absolute Gasteiger partial charge is 0.507 e. The monoisotopic (exact) mass is 690 g/mol. The molecule has 1 atom stereocenters. The molecule has 3 N–H and O–H groups in total. The van der Waals surface area contributed by atoms with Crippen LogP contribution < -0.4 is 29.7 Å². The zero-order chi connectivity index (χ0) is 35.5. The first-order valence-corrected chi connectivity index (χ1v) is 15.3. The van der Waals surface area contributed by atoms with E-state index in [1.807, 2.05) is 0 Å². The number of hydrogen-bond donors (Lipinski definition) is 3. The van der Waals surface area contributed by atoms with E-state index in [0.29, 0.717) is 28.4 Å². The lowest BCUT2D eigenvalue weighted by Crippen LogP contribution is -2.49. The van der Waals surface area contributed by atoms with Crippen molar-refractivity contribution in [3.8, 4) is 22.9 Å². The van der Waals surface area contributed by atoms with Gasteiger partial charge in [-0.05, 0) is 61.0 Å². The number of rotatable bonds is 7. The van der Waals surface area contributed by atoms with Crippen molar-refractivity contribution in [1.29, 1.82) is 0 Å². The predicted molar refractivity (Wildman–Crippen MR) is 173 cm³/mol. The smallest absolute Gasteiger partial charge is 0.435 e. The van der Waals surface area contributed by atoms with Gasteiger partial charge in [-0.3, -0.25) is 14.4 Å². The molecular formula is C34H29F3N6O7. The van der Waals surface area contributed by atoms with Crippen molar-refractivity contribution < 1.29 is 46.9 Å². The summed E-state index contributed by atoms with van der Waals surface area (Å²) in [6.07, 6.45) is -5.04. The van der Waals surface area contributed by atoms with E-state index >= 15 is 0 Å². The first-order chi connectivity index (χ1) is 23.8. The lowest BCUT2D eigenvalue weighted by Gasteiger charge is -2.32. The van der Waals surface area contributed by atoms with Crippen molar-refractivity contribution >= 4 is 34.8 Å². The Kier molecular flexibility index (Phi) is 7.80. The Morgan fingerprint density at radius 1 is 1.06 bits per heavy atom. The van der Waals surface area contributed by atoms with E-state index in [9.17, 15) is 32.7 Å². The highest BCUT2D eigenvalue weighted by atomic mass is 19.4. The maximum atomic E-state index is 14.4. The van der Waals surface area contributed by atoms with Gasteiger partial charge in [0.25, 0.3) is 17.7 Å². The number of carbonyl (C=O) groups excluding carboxylic acids is 3. The molecule has 3 aromatic carbocycles. The van der Waals surface area contributed by atoms with E-state index in [1.165, 1.54) is 47.2 Å². The summed E-state index contributed by atoms with van der Waals surface area (Å²) in [7, 11) is 4.59. The van der Waals surface area contributed by atoms with Crippen LogP contribution in [0.5, 0.6) is 17.2 Å². The molecule has 3 aliphatic heterocycles. The van der Waals surface area contributed by atoms with Crippen molar-refractivity contribution in [2.75, 3.05) is 44.8 Å². The SMILES string of the molecule is COc1ccc(-n2nc(C(F)(F)F)c3c2C(=O)N(c2ccc(C(=O)N(C)C)cc2)CC3)c(C2=C(O)[C@H](C(=O)Nc3ccc4c(c3)OCO4)N2)c1. The van der Waals surface area contributed by atoms with E-state index in [2.05, 4.69) is 15.7 Å². The molecule has 3 aliphatic rings. The maximum Gasteiger partial charge on any atom is 0.435 e. The number of aromatic nitrogens is 2. The average molecular weight is 691 g/mol. The van der Waals surface area contributed by atoms with Gasteiger partial charge < -0.3 is 39.8 Å². The molecule has 0 aliphatic carbocycles. The van der Waals surface area contributed by atoms with Crippen molar-refractivity contribution in [3.63, 3.8) is 0 Å². The van der Waals surface area contributed by atoms with E-state index in [4.69, 9.17) is 14.2 Å². The Morgan fingerprint density at radius 2 is 1.80 bits per heavy atom. The Bertz CT molecular complexity index is 2090. The number of alkyl halides is 3. The van der Waals surface area contributed by atoms with E-state index in [0.717, 1.165) is 4.68 Å². The van der Waals surface area contributed by atoms with E-state index in [1.54, 1.807) is 44.4 Å². The standard InChI is InChI=1S/C34H29F3N6O7/c1-41(2)32(46)17-4-7-19(8-5-17)42-13-12-21-28(33(42)47)43(40-30(21)34(35,36)37)23-10-9-20(48-3)15-22(23)26-29(44)27(39-26)31(45)38-18-6-11-24-25(14-18)50-16-49-24/h4-11,14-15,27,39,44H,12-13,16H2,1-3H3,(H,38,45)/t27-/m1/s1. The van der Waals surface area contributed by atoms with Gasteiger partial charge in [0.05, 0.1) is 18.5 Å². The molecule has 258 valence electrons. The number of ether oxygens (including phenoxy) is 3. The minimum atomic E-state index is -4.88.